The van der Waals surface area contributed by atoms with Crippen LogP contribution in [-0.2, 0) is 0 Å². The van der Waals surface area contributed by atoms with Gasteiger partial charge in [0.2, 0.25) is 0 Å². The molecule has 0 aliphatic heterocycles. The van der Waals surface area contributed by atoms with Gasteiger partial charge in [0.15, 0.2) is 0 Å². The van der Waals surface area contributed by atoms with Crippen molar-refractivity contribution >= 4 is 0 Å². The van der Waals surface area contributed by atoms with Gasteiger partial charge in [-0.2, -0.15) is 0 Å². The van der Waals surface area contributed by atoms with E-state index in [1.54, 1.807) is 0 Å². The zero-order valence-corrected chi connectivity index (χ0v) is 11.2. The van der Waals surface area contributed by atoms with Gasteiger partial charge in [0.25, 0.3) is 0 Å². The van der Waals surface area contributed by atoms with Crippen LogP contribution in [0, 0.1) is 6.92 Å². The first kappa shape index (κ1) is 12.8. The van der Waals surface area contributed by atoms with Crippen molar-refractivity contribution in [3.63, 3.8) is 0 Å². The lowest BCUT2D eigenvalue weighted by Crippen LogP contribution is -2.00. The quantitative estimate of drug-likeness (QED) is 0.852. The second kappa shape index (κ2) is 5.36. The fourth-order valence-electron chi connectivity index (χ4n) is 2.10. The molecule has 1 nitrogen and oxygen atoms in total. The summed E-state index contributed by atoms with van der Waals surface area (Å²) in [4.78, 5) is 0. The van der Waals surface area contributed by atoms with Crippen molar-refractivity contribution in [2.24, 2.45) is 0 Å². The Morgan fingerprint density at radius 2 is 1.44 bits per heavy atom. The van der Waals surface area contributed by atoms with Crippen LogP contribution in [0.25, 0.3) is 0 Å². The molecule has 0 unspecified atom stereocenters. The van der Waals surface area contributed by atoms with E-state index in [0.29, 0.717) is 5.92 Å². The third-order valence-electron chi connectivity index (χ3n) is 3.28. The van der Waals surface area contributed by atoms with E-state index in [0.717, 1.165) is 11.1 Å². The molecule has 2 rings (SSSR count). The third-order valence-corrected chi connectivity index (χ3v) is 3.28. The standard InChI is InChI=1S/C17H20O/c1-12(2)14-7-9-15(10-8-14)17(18)16-6-4-5-13(3)11-16/h4-12,17-18H,1-3H3/t17-/m0/s1. The van der Waals surface area contributed by atoms with Crippen LogP contribution >= 0.6 is 0 Å². The van der Waals surface area contributed by atoms with E-state index in [1.807, 2.05) is 43.3 Å². The van der Waals surface area contributed by atoms with Crippen molar-refractivity contribution in [1.29, 1.82) is 0 Å². The second-order valence-electron chi connectivity index (χ2n) is 5.14. The largest absolute Gasteiger partial charge is 0.384 e. The molecule has 0 aromatic heterocycles. The molecule has 1 heteroatoms. The van der Waals surface area contributed by atoms with Crippen LogP contribution in [0.3, 0.4) is 0 Å². The van der Waals surface area contributed by atoms with Crippen molar-refractivity contribution < 1.29 is 5.11 Å². The van der Waals surface area contributed by atoms with Crippen molar-refractivity contribution in [3.8, 4) is 0 Å². The number of benzene rings is 2. The Morgan fingerprint density at radius 1 is 0.833 bits per heavy atom. The minimum Gasteiger partial charge on any atom is -0.384 e. The number of hydrogen-bond acceptors (Lipinski definition) is 1. The Bertz CT molecular complexity index is 511. The predicted octanol–water partition coefficient (Wildman–Crippen LogP) is 4.20. The lowest BCUT2D eigenvalue weighted by atomic mass is 9.96. The van der Waals surface area contributed by atoms with Gasteiger partial charge < -0.3 is 5.11 Å². The van der Waals surface area contributed by atoms with E-state index in [4.69, 9.17) is 0 Å². The molecule has 0 aliphatic carbocycles. The van der Waals surface area contributed by atoms with Gasteiger partial charge in [0.05, 0.1) is 0 Å². The molecule has 18 heavy (non-hydrogen) atoms. The fraction of sp³-hybridized carbons (Fsp3) is 0.294. The SMILES string of the molecule is Cc1cccc([C@@H](O)c2ccc(C(C)C)cc2)c1. The van der Waals surface area contributed by atoms with Gasteiger partial charge >= 0.3 is 0 Å². The smallest absolute Gasteiger partial charge is 0.104 e. The Labute approximate surface area is 109 Å². The van der Waals surface area contributed by atoms with Gasteiger partial charge in [-0.15, -0.1) is 0 Å². The van der Waals surface area contributed by atoms with Gasteiger partial charge in [0, 0.05) is 0 Å². The number of rotatable bonds is 3. The van der Waals surface area contributed by atoms with Crippen LogP contribution in [0.2, 0.25) is 0 Å². The summed E-state index contributed by atoms with van der Waals surface area (Å²) in [6.07, 6.45) is -0.536. The zero-order chi connectivity index (χ0) is 13.1. The Kier molecular flexibility index (Phi) is 3.83. The maximum absolute atomic E-state index is 10.3. The molecular formula is C17H20O. The molecule has 2 aromatic carbocycles. The van der Waals surface area contributed by atoms with Crippen LogP contribution in [-0.4, -0.2) is 5.11 Å². The molecule has 0 aliphatic rings. The first-order chi connectivity index (χ1) is 8.58. The van der Waals surface area contributed by atoms with Gasteiger partial charge in [-0.1, -0.05) is 67.9 Å². The molecule has 2 aromatic rings. The van der Waals surface area contributed by atoms with Crippen LogP contribution < -0.4 is 0 Å². The molecular weight excluding hydrogens is 220 g/mol. The highest BCUT2D eigenvalue weighted by atomic mass is 16.3. The Morgan fingerprint density at radius 3 is 2.00 bits per heavy atom. The number of aliphatic hydroxyl groups is 1. The summed E-state index contributed by atoms with van der Waals surface area (Å²) in [7, 11) is 0. The Balaban J connectivity index is 2.26. The molecule has 0 saturated carbocycles. The first-order valence-corrected chi connectivity index (χ1v) is 6.42. The summed E-state index contributed by atoms with van der Waals surface area (Å²) in [6.45, 7) is 6.38. The number of aryl methyl sites for hydroxylation is 1. The molecule has 94 valence electrons. The molecule has 0 fully saturated rings. The summed E-state index contributed by atoms with van der Waals surface area (Å²) in [5.74, 6) is 0.523. The van der Waals surface area contributed by atoms with Crippen LogP contribution in [0.5, 0.6) is 0 Å². The lowest BCUT2D eigenvalue weighted by molar-refractivity contribution is 0.220. The summed E-state index contributed by atoms with van der Waals surface area (Å²) >= 11 is 0. The van der Waals surface area contributed by atoms with Crippen LogP contribution in [0.1, 0.15) is 48.1 Å². The summed E-state index contributed by atoms with van der Waals surface area (Å²) in [6, 6.07) is 16.2. The molecule has 0 heterocycles. The molecule has 1 N–H and O–H groups in total. The number of aliphatic hydroxyl groups excluding tert-OH is 1. The normalized spacial score (nSPS) is 12.7. The fourth-order valence-corrected chi connectivity index (χ4v) is 2.10. The van der Waals surface area contributed by atoms with Gasteiger partial charge in [-0.3, -0.25) is 0 Å². The van der Waals surface area contributed by atoms with Crippen molar-refractivity contribution in [2.75, 3.05) is 0 Å². The van der Waals surface area contributed by atoms with E-state index in [9.17, 15) is 5.11 Å². The average Bonchev–Trinajstić information content (AvgIpc) is 2.38. The van der Waals surface area contributed by atoms with Crippen LogP contribution in [0.4, 0.5) is 0 Å². The van der Waals surface area contributed by atoms with E-state index in [-0.39, 0.29) is 0 Å². The van der Waals surface area contributed by atoms with E-state index in [2.05, 4.69) is 26.0 Å². The maximum Gasteiger partial charge on any atom is 0.104 e. The van der Waals surface area contributed by atoms with E-state index >= 15 is 0 Å². The molecule has 0 radical (unpaired) electrons. The van der Waals surface area contributed by atoms with E-state index < -0.39 is 6.10 Å². The highest BCUT2D eigenvalue weighted by Crippen LogP contribution is 2.24. The zero-order valence-electron chi connectivity index (χ0n) is 11.2. The summed E-state index contributed by atoms with van der Waals surface area (Å²) in [5.41, 5.74) is 4.37. The minimum atomic E-state index is -0.536. The first-order valence-electron chi connectivity index (χ1n) is 6.42. The molecule has 0 amide bonds. The maximum atomic E-state index is 10.3. The Hall–Kier alpha value is -1.60. The summed E-state index contributed by atoms with van der Waals surface area (Å²) in [5, 5.41) is 10.3. The summed E-state index contributed by atoms with van der Waals surface area (Å²) < 4.78 is 0. The van der Waals surface area contributed by atoms with Gasteiger partial charge in [-0.25, -0.2) is 0 Å². The van der Waals surface area contributed by atoms with Crippen LogP contribution in [0.15, 0.2) is 48.5 Å². The number of hydrogen-bond donors (Lipinski definition) is 1. The minimum absolute atomic E-state index is 0.523. The molecule has 0 bridgehead atoms. The molecule has 0 saturated heterocycles. The van der Waals surface area contributed by atoms with E-state index in [1.165, 1.54) is 11.1 Å². The van der Waals surface area contributed by atoms with Crippen molar-refractivity contribution in [2.45, 2.75) is 32.8 Å². The van der Waals surface area contributed by atoms with Gasteiger partial charge in [-0.05, 0) is 29.5 Å². The van der Waals surface area contributed by atoms with Gasteiger partial charge in [0.1, 0.15) is 6.10 Å². The van der Waals surface area contributed by atoms with Crippen molar-refractivity contribution in [3.05, 3.63) is 70.8 Å². The van der Waals surface area contributed by atoms with Crippen molar-refractivity contribution in [1.82, 2.24) is 0 Å². The third kappa shape index (κ3) is 2.80. The average molecular weight is 240 g/mol. The monoisotopic (exact) mass is 240 g/mol. The lowest BCUT2D eigenvalue weighted by Gasteiger charge is -2.13. The molecule has 0 spiro atoms. The second-order valence-corrected chi connectivity index (χ2v) is 5.14. The topological polar surface area (TPSA) is 20.2 Å². The highest BCUT2D eigenvalue weighted by molar-refractivity contribution is 5.34. The molecule has 1 atom stereocenters. The predicted molar refractivity (Wildman–Crippen MR) is 75.8 cm³/mol. The highest BCUT2D eigenvalue weighted by Gasteiger charge is 2.10.